The molecule has 6 nitrogen and oxygen atoms in total. The van der Waals surface area contributed by atoms with Gasteiger partial charge in [0, 0.05) is 25.2 Å². The molecule has 1 N–H and O–H groups in total. The van der Waals surface area contributed by atoms with E-state index in [1.165, 1.54) is 4.90 Å². The summed E-state index contributed by atoms with van der Waals surface area (Å²) in [7, 11) is 1.61. The molecule has 1 saturated carbocycles. The number of hydrogen-bond donors (Lipinski definition) is 1. The van der Waals surface area contributed by atoms with Crippen LogP contribution in [0.1, 0.15) is 62.1 Å². The summed E-state index contributed by atoms with van der Waals surface area (Å²) in [4.78, 5) is 24.4. The van der Waals surface area contributed by atoms with E-state index in [9.17, 15) is 9.59 Å². The van der Waals surface area contributed by atoms with Gasteiger partial charge in [-0.3, -0.25) is 14.3 Å². The molecule has 0 saturated heterocycles. The topological polar surface area (TPSA) is 75.4 Å². The predicted molar refractivity (Wildman–Crippen MR) is 78.4 cm³/mol. The molecule has 1 aromatic rings. The highest BCUT2D eigenvalue weighted by Crippen LogP contribution is 2.41. The van der Waals surface area contributed by atoms with Crippen molar-refractivity contribution in [2.45, 2.75) is 51.5 Å². The molecule has 116 valence electrons. The first kappa shape index (κ1) is 15.5. The van der Waals surface area contributed by atoms with Gasteiger partial charge in [0.15, 0.2) is 5.69 Å². The summed E-state index contributed by atoms with van der Waals surface area (Å²) in [6, 6.07) is 1.86. The van der Waals surface area contributed by atoms with Crippen molar-refractivity contribution in [1.82, 2.24) is 14.7 Å². The molecule has 0 aromatic carbocycles. The van der Waals surface area contributed by atoms with Gasteiger partial charge in [-0.1, -0.05) is 0 Å². The highest BCUT2D eigenvalue weighted by atomic mass is 16.4. The van der Waals surface area contributed by atoms with Crippen LogP contribution in [0.15, 0.2) is 6.07 Å². The van der Waals surface area contributed by atoms with Gasteiger partial charge in [0.2, 0.25) is 0 Å². The van der Waals surface area contributed by atoms with E-state index in [-0.39, 0.29) is 24.4 Å². The lowest BCUT2D eigenvalue weighted by Crippen LogP contribution is -2.30. The number of aliphatic carboxylic acids is 1. The van der Waals surface area contributed by atoms with Crippen molar-refractivity contribution in [3.63, 3.8) is 0 Å². The monoisotopic (exact) mass is 293 g/mol. The normalized spacial score (nSPS) is 15.0. The fraction of sp³-hybridized carbons (Fsp3) is 0.667. The van der Waals surface area contributed by atoms with E-state index in [0.29, 0.717) is 11.6 Å². The zero-order valence-electron chi connectivity index (χ0n) is 13.1. The van der Waals surface area contributed by atoms with Crippen molar-refractivity contribution in [2.75, 3.05) is 13.6 Å². The van der Waals surface area contributed by atoms with E-state index in [1.54, 1.807) is 7.05 Å². The molecule has 1 fully saturated rings. The third-order valence-corrected chi connectivity index (χ3v) is 3.59. The highest BCUT2D eigenvalue weighted by molar-refractivity contribution is 5.92. The summed E-state index contributed by atoms with van der Waals surface area (Å²) in [5, 5.41) is 13.2. The molecule has 1 aliphatic rings. The molecular formula is C15H23N3O3. The van der Waals surface area contributed by atoms with Crippen LogP contribution in [0.4, 0.5) is 0 Å². The van der Waals surface area contributed by atoms with Gasteiger partial charge in [-0.2, -0.15) is 5.10 Å². The molecule has 2 rings (SSSR count). The maximum Gasteiger partial charge on any atom is 0.305 e. The van der Waals surface area contributed by atoms with Crippen molar-refractivity contribution >= 4 is 11.9 Å². The lowest BCUT2D eigenvalue weighted by Gasteiger charge is -2.22. The maximum atomic E-state index is 12.3. The van der Waals surface area contributed by atoms with Crippen LogP contribution < -0.4 is 0 Å². The van der Waals surface area contributed by atoms with Crippen LogP contribution in [-0.4, -0.2) is 45.3 Å². The summed E-state index contributed by atoms with van der Waals surface area (Å²) >= 11 is 0. The van der Waals surface area contributed by atoms with E-state index in [4.69, 9.17) is 5.11 Å². The summed E-state index contributed by atoms with van der Waals surface area (Å²) in [6.45, 7) is 6.38. The van der Waals surface area contributed by atoms with E-state index < -0.39 is 5.97 Å². The fourth-order valence-corrected chi connectivity index (χ4v) is 2.27. The minimum atomic E-state index is -0.909. The molecule has 0 aliphatic heterocycles. The first-order chi connectivity index (χ1) is 9.70. The van der Waals surface area contributed by atoms with Gasteiger partial charge < -0.3 is 10.0 Å². The summed E-state index contributed by atoms with van der Waals surface area (Å²) < 4.78 is 1.93. The van der Waals surface area contributed by atoms with Gasteiger partial charge in [0.1, 0.15) is 0 Å². The Kier molecular flexibility index (Phi) is 4.07. The summed E-state index contributed by atoms with van der Waals surface area (Å²) in [6.07, 6.45) is 2.23. The standard InChI is InChI=1S/C15H23N3O3/c1-15(2,3)18-12(10-5-6-10)9-11(16-18)14(21)17(4)8-7-13(19)20/h9-10H,5-8H2,1-4H3,(H,19,20). The largest absolute Gasteiger partial charge is 0.481 e. The Labute approximate surface area is 124 Å². The number of hydrogen-bond acceptors (Lipinski definition) is 3. The maximum absolute atomic E-state index is 12.3. The van der Waals surface area contributed by atoms with Gasteiger partial charge in [-0.05, 0) is 39.7 Å². The Hall–Kier alpha value is -1.85. The molecular weight excluding hydrogens is 270 g/mol. The Balaban J connectivity index is 2.20. The molecule has 6 heteroatoms. The van der Waals surface area contributed by atoms with Crippen molar-refractivity contribution < 1.29 is 14.7 Å². The first-order valence-electron chi connectivity index (χ1n) is 7.28. The molecule has 1 aromatic heterocycles. The van der Waals surface area contributed by atoms with E-state index in [0.717, 1.165) is 18.5 Å². The van der Waals surface area contributed by atoms with Crippen molar-refractivity contribution in [2.24, 2.45) is 0 Å². The third kappa shape index (κ3) is 3.62. The molecule has 1 heterocycles. The lowest BCUT2D eigenvalue weighted by molar-refractivity contribution is -0.137. The van der Waals surface area contributed by atoms with E-state index >= 15 is 0 Å². The lowest BCUT2D eigenvalue weighted by atomic mass is 10.1. The van der Waals surface area contributed by atoms with Crippen LogP contribution in [0.2, 0.25) is 0 Å². The second-order valence-corrected chi connectivity index (χ2v) is 6.68. The Morgan fingerprint density at radius 2 is 2.05 bits per heavy atom. The number of aromatic nitrogens is 2. The average Bonchev–Trinajstić information content (AvgIpc) is 3.12. The second kappa shape index (κ2) is 5.50. The highest BCUT2D eigenvalue weighted by Gasteiger charge is 2.33. The quantitative estimate of drug-likeness (QED) is 0.901. The van der Waals surface area contributed by atoms with Crippen LogP contribution in [0.5, 0.6) is 0 Å². The number of carbonyl (C=O) groups is 2. The number of carbonyl (C=O) groups excluding carboxylic acids is 1. The Morgan fingerprint density at radius 1 is 1.43 bits per heavy atom. The van der Waals surface area contributed by atoms with Crippen molar-refractivity contribution in [3.05, 3.63) is 17.5 Å². The number of carboxylic acid groups (broad SMARTS) is 1. The van der Waals surface area contributed by atoms with Crippen molar-refractivity contribution in [1.29, 1.82) is 0 Å². The zero-order valence-corrected chi connectivity index (χ0v) is 13.1. The molecule has 0 spiro atoms. The molecule has 0 atom stereocenters. The zero-order chi connectivity index (χ0) is 15.8. The fourth-order valence-electron chi connectivity index (χ4n) is 2.27. The first-order valence-corrected chi connectivity index (χ1v) is 7.28. The van der Waals surface area contributed by atoms with Crippen LogP contribution in [0.25, 0.3) is 0 Å². The summed E-state index contributed by atoms with van der Waals surface area (Å²) in [5.74, 6) is -0.628. The minimum Gasteiger partial charge on any atom is -0.481 e. The molecule has 0 radical (unpaired) electrons. The SMILES string of the molecule is CN(CCC(=O)O)C(=O)c1cc(C2CC2)n(C(C)(C)C)n1. The Morgan fingerprint density at radius 3 is 2.52 bits per heavy atom. The van der Waals surface area contributed by atoms with Crippen LogP contribution >= 0.6 is 0 Å². The van der Waals surface area contributed by atoms with Crippen LogP contribution in [-0.2, 0) is 10.3 Å². The van der Waals surface area contributed by atoms with Gasteiger partial charge in [0.05, 0.1) is 12.0 Å². The van der Waals surface area contributed by atoms with Gasteiger partial charge in [0.25, 0.3) is 5.91 Å². The number of rotatable bonds is 5. The number of nitrogens with zero attached hydrogens (tertiary/aromatic N) is 3. The van der Waals surface area contributed by atoms with Gasteiger partial charge >= 0.3 is 5.97 Å². The minimum absolute atomic E-state index is 0.0578. The van der Waals surface area contributed by atoms with E-state index in [2.05, 4.69) is 25.9 Å². The predicted octanol–water partition coefficient (Wildman–Crippen LogP) is 2.06. The van der Waals surface area contributed by atoms with E-state index in [1.807, 2.05) is 10.7 Å². The Bertz CT molecular complexity index is 553. The number of amides is 1. The van der Waals surface area contributed by atoms with Crippen molar-refractivity contribution in [3.8, 4) is 0 Å². The van der Waals surface area contributed by atoms with Crippen LogP contribution in [0, 0.1) is 0 Å². The molecule has 0 unspecified atom stereocenters. The number of carboxylic acids is 1. The molecule has 0 bridgehead atoms. The summed E-state index contributed by atoms with van der Waals surface area (Å²) in [5.41, 5.74) is 1.34. The average molecular weight is 293 g/mol. The van der Waals surface area contributed by atoms with Gasteiger partial charge in [-0.25, -0.2) is 0 Å². The second-order valence-electron chi connectivity index (χ2n) is 6.68. The van der Waals surface area contributed by atoms with Crippen LogP contribution in [0.3, 0.4) is 0 Å². The third-order valence-electron chi connectivity index (χ3n) is 3.59. The molecule has 1 amide bonds. The smallest absolute Gasteiger partial charge is 0.305 e. The molecule has 21 heavy (non-hydrogen) atoms. The molecule has 1 aliphatic carbocycles. The van der Waals surface area contributed by atoms with Gasteiger partial charge in [-0.15, -0.1) is 0 Å².